The van der Waals surface area contributed by atoms with E-state index >= 15 is 0 Å². The van der Waals surface area contributed by atoms with Crippen molar-refractivity contribution in [1.82, 2.24) is 5.32 Å². The maximum atomic E-state index is 12.5. The van der Waals surface area contributed by atoms with Crippen molar-refractivity contribution < 1.29 is 19.1 Å². The first kappa shape index (κ1) is 15.8. The predicted octanol–water partition coefficient (Wildman–Crippen LogP) is 2.23. The van der Waals surface area contributed by atoms with E-state index < -0.39 is 11.7 Å². The molecule has 2 aromatic rings. The molecule has 0 spiro atoms. The van der Waals surface area contributed by atoms with E-state index in [9.17, 15) is 9.90 Å². The molecule has 0 bridgehead atoms. The molecule has 122 valence electrons. The van der Waals surface area contributed by atoms with Crippen LogP contribution in [0.5, 0.6) is 0 Å². The summed E-state index contributed by atoms with van der Waals surface area (Å²) < 4.78 is 11.1. The number of aliphatic hydroxyl groups is 1. The maximum Gasteiger partial charge on any atom is 0.253 e. The molecule has 3 rings (SSSR count). The summed E-state index contributed by atoms with van der Waals surface area (Å²) in [6.45, 7) is 4.00. The van der Waals surface area contributed by atoms with Gasteiger partial charge in [-0.1, -0.05) is 24.3 Å². The first-order valence-electron chi connectivity index (χ1n) is 7.74. The van der Waals surface area contributed by atoms with E-state index in [2.05, 4.69) is 5.32 Å². The van der Waals surface area contributed by atoms with Crippen LogP contribution < -0.4 is 5.32 Å². The molecular weight excluding hydrogens is 294 g/mol. The molecular formula is C18H21NO4. The molecule has 0 aliphatic carbocycles. The number of carbonyl (C=O) groups excluding carboxylic acids is 1. The standard InChI is InChI=1S/C18H21NO4/c1-12-7-8-15(23-12)18(2,21)11-19-17(20)16-14-6-4-3-5-13(14)9-10-22-16/h3-8,16,21H,9-11H2,1-2H3,(H,19,20). The summed E-state index contributed by atoms with van der Waals surface area (Å²) in [5, 5.41) is 13.3. The Bertz CT molecular complexity index is 705. The van der Waals surface area contributed by atoms with Gasteiger partial charge in [-0.3, -0.25) is 4.79 Å². The molecule has 2 unspecified atom stereocenters. The van der Waals surface area contributed by atoms with Gasteiger partial charge >= 0.3 is 0 Å². The van der Waals surface area contributed by atoms with Gasteiger partial charge in [0, 0.05) is 0 Å². The van der Waals surface area contributed by atoms with Crippen molar-refractivity contribution in [3.8, 4) is 0 Å². The average molecular weight is 315 g/mol. The smallest absolute Gasteiger partial charge is 0.253 e. The van der Waals surface area contributed by atoms with Crippen LogP contribution in [0.15, 0.2) is 40.8 Å². The molecule has 0 saturated carbocycles. The molecule has 5 nitrogen and oxygen atoms in total. The minimum atomic E-state index is -1.27. The van der Waals surface area contributed by atoms with Gasteiger partial charge in [-0.15, -0.1) is 0 Å². The second-order valence-electron chi connectivity index (χ2n) is 6.10. The summed E-state index contributed by atoms with van der Waals surface area (Å²) >= 11 is 0. The van der Waals surface area contributed by atoms with Gasteiger partial charge in [-0.2, -0.15) is 0 Å². The number of hydrogen-bond acceptors (Lipinski definition) is 4. The number of carbonyl (C=O) groups is 1. The Morgan fingerprint density at radius 3 is 2.87 bits per heavy atom. The molecule has 1 aromatic heterocycles. The third-order valence-corrected chi connectivity index (χ3v) is 4.11. The Labute approximate surface area is 135 Å². The van der Waals surface area contributed by atoms with Crippen LogP contribution in [0.2, 0.25) is 0 Å². The molecule has 1 amide bonds. The van der Waals surface area contributed by atoms with Gasteiger partial charge in [0.05, 0.1) is 13.2 Å². The van der Waals surface area contributed by atoms with Crippen LogP contribution in [-0.4, -0.2) is 24.2 Å². The highest BCUT2D eigenvalue weighted by Crippen LogP contribution is 2.27. The van der Waals surface area contributed by atoms with Crippen molar-refractivity contribution in [2.24, 2.45) is 0 Å². The lowest BCUT2D eigenvalue weighted by Crippen LogP contribution is -2.41. The molecule has 0 saturated heterocycles. The Hall–Kier alpha value is -2.11. The Morgan fingerprint density at radius 1 is 1.35 bits per heavy atom. The maximum absolute atomic E-state index is 12.5. The summed E-state index contributed by atoms with van der Waals surface area (Å²) in [6.07, 6.45) is 0.178. The molecule has 0 fully saturated rings. The minimum Gasteiger partial charge on any atom is -0.463 e. The molecule has 2 N–H and O–H groups in total. The van der Waals surface area contributed by atoms with E-state index in [1.165, 1.54) is 0 Å². The highest BCUT2D eigenvalue weighted by atomic mass is 16.5. The van der Waals surface area contributed by atoms with Crippen molar-refractivity contribution in [3.63, 3.8) is 0 Å². The van der Waals surface area contributed by atoms with Crippen LogP contribution in [0.25, 0.3) is 0 Å². The zero-order valence-electron chi connectivity index (χ0n) is 13.3. The fourth-order valence-electron chi connectivity index (χ4n) is 2.77. The highest BCUT2D eigenvalue weighted by molar-refractivity contribution is 5.83. The lowest BCUT2D eigenvalue weighted by molar-refractivity contribution is -0.135. The molecule has 1 aliphatic rings. The van der Waals surface area contributed by atoms with Crippen molar-refractivity contribution in [1.29, 1.82) is 0 Å². The lowest BCUT2D eigenvalue weighted by Gasteiger charge is -2.27. The van der Waals surface area contributed by atoms with Gasteiger partial charge in [0.25, 0.3) is 5.91 Å². The van der Waals surface area contributed by atoms with Crippen LogP contribution in [0.3, 0.4) is 0 Å². The minimum absolute atomic E-state index is 0.0564. The summed E-state index contributed by atoms with van der Waals surface area (Å²) in [4.78, 5) is 12.5. The highest BCUT2D eigenvalue weighted by Gasteiger charge is 2.31. The van der Waals surface area contributed by atoms with Crippen molar-refractivity contribution in [2.45, 2.75) is 32.0 Å². The number of aryl methyl sites for hydroxylation is 1. The zero-order valence-corrected chi connectivity index (χ0v) is 13.3. The molecule has 0 radical (unpaired) electrons. The van der Waals surface area contributed by atoms with Gasteiger partial charge < -0.3 is 19.6 Å². The predicted molar refractivity (Wildman–Crippen MR) is 84.9 cm³/mol. The molecule has 23 heavy (non-hydrogen) atoms. The fourth-order valence-corrected chi connectivity index (χ4v) is 2.77. The second kappa shape index (κ2) is 6.18. The summed E-state index contributed by atoms with van der Waals surface area (Å²) in [6, 6.07) is 11.3. The van der Waals surface area contributed by atoms with Gasteiger partial charge in [0.2, 0.25) is 0 Å². The first-order valence-corrected chi connectivity index (χ1v) is 7.74. The summed E-state index contributed by atoms with van der Waals surface area (Å²) in [5.41, 5.74) is 0.759. The number of ether oxygens (including phenoxy) is 1. The van der Waals surface area contributed by atoms with E-state index in [0.29, 0.717) is 12.4 Å². The summed E-state index contributed by atoms with van der Waals surface area (Å²) in [7, 11) is 0. The third kappa shape index (κ3) is 3.30. The quantitative estimate of drug-likeness (QED) is 0.907. The van der Waals surface area contributed by atoms with Crippen LogP contribution >= 0.6 is 0 Å². The Morgan fingerprint density at radius 2 is 2.13 bits per heavy atom. The second-order valence-corrected chi connectivity index (χ2v) is 6.10. The molecule has 2 heterocycles. The average Bonchev–Trinajstić information content (AvgIpc) is 2.99. The van der Waals surface area contributed by atoms with Gasteiger partial charge in [-0.05, 0) is 43.5 Å². The van der Waals surface area contributed by atoms with E-state index in [0.717, 1.165) is 23.3 Å². The van der Waals surface area contributed by atoms with Crippen LogP contribution in [0.1, 0.15) is 35.7 Å². The number of furan rings is 1. The van der Waals surface area contributed by atoms with Gasteiger partial charge in [0.1, 0.15) is 17.1 Å². The topological polar surface area (TPSA) is 71.7 Å². The van der Waals surface area contributed by atoms with Gasteiger partial charge in [-0.25, -0.2) is 0 Å². The van der Waals surface area contributed by atoms with E-state index in [4.69, 9.17) is 9.15 Å². The van der Waals surface area contributed by atoms with Crippen LogP contribution in [-0.2, 0) is 21.6 Å². The number of amides is 1. The molecule has 5 heteroatoms. The fraction of sp³-hybridized carbons (Fsp3) is 0.389. The Kier molecular flexibility index (Phi) is 4.24. The largest absolute Gasteiger partial charge is 0.463 e. The molecule has 2 atom stereocenters. The number of fused-ring (bicyclic) bond motifs is 1. The van der Waals surface area contributed by atoms with E-state index in [1.54, 1.807) is 19.1 Å². The number of benzene rings is 1. The number of rotatable bonds is 4. The lowest BCUT2D eigenvalue weighted by atomic mass is 9.97. The van der Waals surface area contributed by atoms with Crippen LogP contribution in [0.4, 0.5) is 0 Å². The van der Waals surface area contributed by atoms with Crippen molar-refractivity contribution >= 4 is 5.91 Å². The van der Waals surface area contributed by atoms with E-state index in [-0.39, 0.29) is 12.5 Å². The van der Waals surface area contributed by atoms with Crippen molar-refractivity contribution in [2.75, 3.05) is 13.2 Å². The Balaban J connectivity index is 1.68. The molecule has 1 aliphatic heterocycles. The van der Waals surface area contributed by atoms with Crippen molar-refractivity contribution in [3.05, 3.63) is 59.0 Å². The number of hydrogen-bond donors (Lipinski definition) is 2. The van der Waals surface area contributed by atoms with Gasteiger partial charge in [0.15, 0.2) is 6.10 Å². The normalized spacial score (nSPS) is 19.7. The zero-order chi connectivity index (χ0) is 16.4. The SMILES string of the molecule is Cc1ccc(C(C)(O)CNC(=O)C2OCCc3ccccc32)o1. The van der Waals surface area contributed by atoms with E-state index in [1.807, 2.05) is 31.2 Å². The van der Waals surface area contributed by atoms with Crippen LogP contribution in [0, 0.1) is 6.92 Å². The monoisotopic (exact) mass is 315 g/mol. The molecule has 1 aromatic carbocycles. The third-order valence-electron chi connectivity index (χ3n) is 4.11. The first-order chi connectivity index (χ1) is 11.0. The number of nitrogens with one attached hydrogen (secondary N) is 1. The summed E-state index contributed by atoms with van der Waals surface area (Å²) in [5.74, 6) is 0.900.